The predicted molar refractivity (Wildman–Crippen MR) is 83.1 cm³/mol. The third-order valence-corrected chi connectivity index (χ3v) is 5.43. The standard InChI is InChI=1S/C13H22N2O2S2/c1-9-5-6-10(2)13(12(9)14)19(16,17)15-11(3)7-8-18-4/h5-6,11,15H,7-8,14H2,1-4H3. The number of nitrogens with two attached hydrogens (primary N) is 1. The topological polar surface area (TPSA) is 72.2 Å². The van der Waals surface area contributed by atoms with Gasteiger partial charge in [0.15, 0.2) is 0 Å². The van der Waals surface area contributed by atoms with Crippen LogP contribution in [0.3, 0.4) is 0 Å². The third kappa shape index (κ3) is 4.12. The third-order valence-electron chi connectivity index (χ3n) is 2.99. The summed E-state index contributed by atoms with van der Waals surface area (Å²) < 4.78 is 27.5. The van der Waals surface area contributed by atoms with Gasteiger partial charge in [-0.2, -0.15) is 11.8 Å². The molecule has 0 amide bonds. The molecule has 4 nitrogen and oxygen atoms in total. The van der Waals surface area contributed by atoms with Crippen molar-refractivity contribution in [3.63, 3.8) is 0 Å². The Hall–Kier alpha value is -0.720. The van der Waals surface area contributed by atoms with E-state index >= 15 is 0 Å². The number of hydrogen-bond acceptors (Lipinski definition) is 4. The first-order valence-electron chi connectivity index (χ1n) is 6.16. The Morgan fingerprint density at radius 1 is 1.32 bits per heavy atom. The zero-order chi connectivity index (χ0) is 14.6. The van der Waals surface area contributed by atoms with Gasteiger partial charge in [-0.1, -0.05) is 12.1 Å². The minimum absolute atomic E-state index is 0.100. The second-order valence-corrected chi connectivity index (χ2v) is 7.38. The highest BCUT2D eigenvalue weighted by atomic mass is 32.2. The molecule has 1 rings (SSSR count). The summed E-state index contributed by atoms with van der Waals surface area (Å²) in [6.45, 7) is 5.44. The first-order chi connectivity index (χ1) is 8.79. The van der Waals surface area contributed by atoms with Crippen molar-refractivity contribution in [1.29, 1.82) is 0 Å². The summed E-state index contributed by atoms with van der Waals surface area (Å²) in [7, 11) is -3.56. The molecule has 0 aliphatic rings. The largest absolute Gasteiger partial charge is 0.397 e. The van der Waals surface area contributed by atoms with Gasteiger partial charge in [-0.05, 0) is 50.3 Å². The molecule has 0 aliphatic heterocycles. The molecule has 1 unspecified atom stereocenters. The average Bonchev–Trinajstić information content (AvgIpc) is 2.31. The Bertz CT molecular complexity index is 542. The van der Waals surface area contributed by atoms with Gasteiger partial charge in [-0.15, -0.1) is 0 Å². The van der Waals surface area contributed by atoms with E-state index in [1.807, 2.05) is 26.2 Å². The van der Waals surface area contributed by atoms with Gasteiger partial charge in [-0.3, -0.25) is 0 Å². The van der Waals surface area contributed by atoms with Crippen LogP contribution in [0.25, 0.3) is 0 Å². The van der Waals surface area contributed by atoms with Crippen molar-refractivity contribution in [2.75, 3.05) is 17.7 Å². The van der Waals surface area contributed by atoms with Gasteiger partial charge in [0.05, 0.1) is 5.69 Å². The molecule has 0 saturated heterocycles. The van der Waals surface area contributed by atoms with E-state index in [-0.39, 0.29) is 10.9 Å². The Morgan fingerprint density at radius 3 is 2.47 bits per heavy atom. The molecule has 0 fully saturated rings. The Labute approximate surface area is 120 Å². The lowest BCUT2D eigenvalue weighted by Gasteiger charge is -2.17. The van der Waals surface area contributed by atoms with E-state index in [1.54, 1.807) is 24.8 Å². The SMILES string of the molecule is CSCCC(C)NS(=O)(=O)c1c(C)ccc(C)c1N. The van der Waals surface area contributed by atoms with E-state index in [1.165, 1.54) is 0 Å². The number of nitrogen functional groups attached to an aromatic ring is 1. The number of rotatable bonds is 6. The number of thioether (sulfide) groups is 1. The minimum Gasteiger partial charge on any atom is -0.397 e. The molecule has 0 saturated carbocycles. The molecule has 108 valence electrons. The van der Waals surface area contributed by atoms with Crippen molar-refractivity contribution in [3.8, 4) is 0 Å². The van der Waals surface area contributed by atoms with Gasteiger partial charge in [0.25, 0.3) is 0 Å². The van der Waals surface area contributed by atoms with Crippen LogP contribution in [0, 0.1) is 13.8 Å². The van der Waals surface area contributed by atoms with E-state index in [4.69, 9.17) is 5.73 Å². The number of nitrogens with one attached hydrogen (secondary N) is 1. The molecular formula is C13H22N2O2S2. The van der Waals surface area contributed by atoms with Crippen molar-refractivity contribution in [3.05, 3.63) is 23.3 Å². The van der Waals surface area contributed by atoms with Crippen LogP contribution in [0.15, 0.2) is 17.0 Å². The second-order valence-electron chi connectivity index (χ2n) is 4.75. The summed E-state index contributed by atoms with van der Waals surface area (Å²) >= 11 is 1.70. The second kappa shape index (κ2) is 6.63. The highest BCUT2D eigenvalue weighted by molar-refractivity contribution is 7.98. The van der Waals surface area contributed by atoms with E-state index in [0.29, 0.717) is 11.3 Å². The normalized spacial score (nSPS) is 13.5. The smallest absolute Gasteiger partial charge is 0.243 e. The minimum atomic E-state index is -3.56. The maximum atomic E-state index is 12.4. The fourth-order valence-electron chi connectivity index (χ4n) is 1.84. The van der Waals surface area contributed by atoms with E-state index in [0.717, 1.165) is 17.7 Å². The summed E-state index contributed by atoms with van der Waals surface area (Å²) in [6, 6.07) is 3.52. The van der Waals surface area contributed by atoms with Crippen LogP contribution in [-0.4, -0.2) is 26.5 Å². The fourth-order valence-corrected chi connectivity index (χ4v) is 4.14. The molecule has 0 spiro atoms. The molecule has 0 aromatic heterocycles. The van der Waals surface area contributed by atoms with Gasteiger partial charge < -0.3 is 5.73 Å². The monoisotopic (exact) mass is 302 g/mol. The number of hydrogen-bond donors (Lipinski definition) is 2. The van der Waals surface area contributed by atoms with Crippen LogP contribution < -0.4 is 10.5 Å². The lowest BCUT2D eigenvalue weighted by molar-refractivity contribution is 0.557. The molecule has 0 bridgehead atoms. The summed E-state index contributed by atoms with van der Waals surface area (Å²) in [4.78, 5) is 0.212. The van der Waals surface area contributed by atoms with Crippen molar-refractivity contribution in [1.82, 2.24) is 4.72 Å². The summed E-state index contributed by atoms with van der Waals surface area (Å²) in [6.07, 6.45) is 2.80. The number of benzene rings is 1. The molecule has 0 radical (unpaired) electrons. The zero-order valence-corrected chi connectivity index (χ0v) is 13.5. The first-order valence-corrected chi connectivity index (χ1v) is 9.04. The quantitative estimate of drug-likeness (QED) is 0.791. The summed E-state index contributed by atoms with van der Waals surface area (Å²) in [5, 5.41) is 0. The van der Waals surface area contributed by atoms with Crippen molar-refractivity contribution < 1.29 is 8.42 Å². The number of sulfonamides is 1. The van der Waals surface area contributed by atoms with Crippen molar-refractivity contribution >= 4 is 27.5 Å². The lowest BCUT2D eigenvalue weighted by atomic mass is 10.1. The lowest BCUT2D eigenvalue weighted by Crippen LogP contribution is -2.34. The molecular weight excluding hydrogens is 280 g/mol. The molecule has 1 aromatic rings. The van der Waals surface area contributed by atoms with Crippen LogP contribution >= 0.6 is 11.8 Å². The van der Waals surface area contributed by atoms with Crippen LogP contribution in [0.1, 0.15) is 24.5 Å². The first kappa shape index (κ1) is 16.3. The highest BCUT2D eigenvalue weighted by Gasteiger charge is 2.22. The predicted octanol–water partition coefficient (Wildman–Crippen LogP) is 2.31. The number of anilines is 1. The molecule has 1 atom stereocenters. The van der Waals surface area contributed by atoms with E-state index < -0.39 is 10.0 Å². The van der Waals surface area contributed by atoms with Crippen molar-refractivity contribution in [2.24, 2.45) is 0 Å². The van der Waals surface area contributed by atoms with Crippen LogP contribution in [-0.2, 0) is 10.0 Å². The number of aryl methyl sites for hydroxylation is 2. The molecule has 6 heteroatoms. The molecule has 3 N–H and O–H groups in total. The highest BCUT2D eigenvalue weighted by Crippen LogP contribution is 2.26. The van der Waals surface area contributed by atoms with Gasteiger partial charge in [0, 0.05) is 6.04 Å². The molecule has 19 heavy (non-hydrogen) atoms. The van der Waals surface area contributed by atoms with Gasteiger partial charge >= 0.3 is 0 Å². The van der Waals surface area contributed by atoms with Crippen LogP contribution in [0.5, 0.6) is 0 Å². The van der Waals surface area contributed by atoms with E-state index in [9.17, 15) is 8.42 Å². The Kier molecular flexibility index (Phi) is 5.70. The van der Waals surface area contributed by atoms with Crippen molar-refractivity contribution in [2.45, 2.75) is 38.1 Å². The van der Waals surface area contributed by atoms with Crippen LogP contribution in [0.4, 0.5) is 5.69 Å². The molecule has 0 aliphatic carbocycles. The zero-order valence-electron chi connectivity index (χ0n) is 11.9. The van der Waals surface area contributed by atoms with E-state index in [2.05, 4.69) is 4.72 Å². The van der Waals surface area contributed by atoms with Gasteiger partial charge in [0.1, 0.15) is 4.90 Å². The summed E-state index contributed by atoms with van der Waals surface area (Å²) in [5.74, 6) is 0.923. The average molecular weight is 302 g/mol. The molecule has 0 heterocycles. The maximum Gasteiger partial charge on any atom is 0.243 e. The van der Waals surface area contributed by atoms with Gasteiger partial charge in [-0.25, -0.2) is 13.1 Å². The fraction of sp³-hybridized carbons (Fsp3) is 0.538. The summed E-state index contributed by atoms with van der Waals surface area (Å²) in [5.41, 5.74) is 7.71. The van der Waals surface area contributed by atoms with Gasteiger partial charge in [0.2, 0.25) is 10.0 Å². The maximum absolute atomic E-state index is 12.4. The Balaban J connectivity index is 3.04. The molecule has 1 aromatic carbocycles. The van der Waals surface area contributed by atoms with Crippen LogP contribution in [0.2, 0.25) is 0 Å². The Morgan fingerprint density at radius 2 is 1.89 bits per heavy atom.